The van der Waals surface area contributed by atoms with E-state index >= 15 is 0 Å². The third kappa shape index (κ3) is 3.38. The van der Waals surface area contributed by atoms with Crippen molar-refractivity contribution in [3.8, 4) is 17.2 Å². The summed E-state index contributed by atoms with van der Waals surface area (Å²) in [7, 11) is 3.09. The van der Waals surface area contributed by atoms with Crippen LogP contribution in [0.5, 0.6) is 17.2 Å². The molecule has 0 aliphatic rings. The number of nitrogens with zero attached hydrogens (tertiary/aromatic N) is 1. The number of hydrogen-bond donors (Lipinski definition) is 1. The van der Waals surface area contributed by atoms with Crippen LogP contribution < -0.4 is 9.47 Å². The number of amides is 1. The van der Waals surface area contributed by atoms with Crippen molar-refractivity contribution in [1.29, 1.82) is 0 Å². The first-order valence-electron chi connectivity index (χ1n) is 5.25. The van der Waals surface area contributed by atoms with Crippen LogP contribution in [0, 0.1) is 6.92 Å². The SMILES string of the molecule is Cc1c(OCC=O)cc(O)cc1OC(=O)N(C)C. The van der Waals surface area contributed by atoms with Gasteiger partial charge in [0, 0.05) is 31.8 Å². The zero-order valence-electron chi connectivity index (χ0n) is 10.5. The molecule has 18 heavy (non-hydrogen) atoms. The van der Waals surface area contributed by atoms with Gasteiger partial charge in [-0.3, -0.25) is 4.79 Å². The number of ether oxygens (including phenoxy) is 2. The zero-order valence-corrected chi connectivity index (χ0v) is 10.5. The maximum absolute atomic E-state index is 11.4. The van der Waals surface area contributed by atoms with Crippen LogP contribution in [0.3, 0.4) is 0 Å². The fourth-order valence-electron chi connectivity index (χ4n) is 1.21. The molecule has 0 fully saturated rings. The van der Waals surface area contributed by atoms with Crippen molar-refractivity contribution in [2.75, 3.05) is 20.7 Å². The fourth-order valence-corrected chi connectivity index (χ4v) is 1.21. The normalized spacial score (nSPS) is 9.72. The molecular formula is C12H15NO5. The summed E-state index contributed by atoms with van der Waals surface area (Å²) >= 11 is 0. The van der Waals surface area contributed by atoms with Crippen LogP contribution >= 0.6 is 0 Å². The van der Waals surface area contributed by atoms with E-state index < -0.39 is 6.09 Å². The molecule has 0 heterocycles. The highest BCUT2D eigenvalue weighted by Gasteiger charge is 2.14. The van der Waals surface area contributed by atoms with E-state index in [1.807, 2.05) is 0 Å². The summed E-state index contributed by atoms with van der Waals surface area (Å²) < 4.78 is 10.2. The third-order valence-electron chi connectivity index (χ3n) is 2.17. The molecule has 1 N–H and O–H groups in total. The first-order valence-corrected chi connectivity index (χ1v) is 5.25. The van der Waals surface area contributed by atoms with Gasteiger partial charge in [-0.25, -0.2) is 4.79 Å². The molecule has 1 aromatic rings. The van der Waals surface area contributed by atoms with Crippen LogP contribution in [0.15, 0.2) is 12.1 Å². The Morgan fingerprint density at radius 1 is 1.39 bits per heavy atom. The average Bonchev–Trinajstić information content (AvgIpc) is 2.31. The Bertz CT molecular complexity index is 456. The summed E-state index contributed by atoms with van der Waals surface area (Å²) in [5.74, 6) is 0.376. The maximum Gasteiger partial charge on any atom is 0.414 e. The minimum atomic E-state index is -0.565. The lowest BCUT2D eigenvalue weighted by molar-refractivity contribution is -0.109. The lowest BCUT2D eigenvalue weighted by atomic mass is 10.2. The molecule has 1 amide bonds. The number of benzene rings is 1. The van der Waals surface area contributed by atoms with Crippen LogP contribution in [0.4, 0.5) is 4.79 Å². The molecule has 6 heteroatoms. The second kappa shape index (κ2) is 5.90. The lowest BCUT2D eigenvalue weighted by Crippen LogP contribution is -2.25. The monoisotopic (exact) mass is 253 g/mol. The van der Waals surface area contributed by atoms with Gasteiger partial charge in [-0.05, 0) is 6.92 Å². The molecule has 98 valence electrons. The first kappa shape index (κ1) is 13.8. The van der Waals surface area contributed by atoms with Crippen molar-refractivity contribution in [3.05, 3.63) is 17.7 Å². The van der Waals surface area contributed by atoms with Gasteiger partial charge in [-0.1, -0.05) is 0 Å². The molecule has 0 aliphatic heterocycles. The van der Waals surface area contributed by atoms with E-state index in [0.717, 1.165) is 0 Å². The summed E-state index contributed by atoms with van der Waals surface area (Å²) in [5, 5.41) is 9.50. The molecule has 0 saturated carbocycles. The van der Waals surface area contributed by atoms with Crippen LogP contribution in [-0.4, -0.2) is 43.1 Å². The molecular weight excluding hydrogens is 238 g/mol. The Kier molecular flexibility index (Phi) is 4.53. The van der Waals surface area contributed by atoms with Gasteiger partial charge >= 0.3 is 6.09 Å². The van der Waals surface area contributed by atoms with Crippen LogP contribution in [-0.2, 0) is 4.79 Å². The molecule has 1 aromatic carbocycles. The minimum absolute atomic E-state index is 0.108. The van der Waals surface area contributed by atoms with Crippen molar-refractivity contribution in [1.82, 2.24) is 4.90 Å². The molecule has 0 atom stereocenters. The average molecular weight is 253 g/mol. The number of phenols is 1. The Morgan fingerprint density at radius 2 is 2.00 bits per heavy atom. The summed E-state index contributed by atoms with van der Waals surface area (Å²) in [6, 6.07) is 2.66. The van der Waals surface area contributed by atoms with E-state index in [0.29, 0.717) is 17.6 Å². The van der Waals surface area contributed by atoms with Gasteiger partial charge < -0.3 is 19.5 Å². The number of phenolic OH excluding ortho intramolecular Hbond substituents is 1. The van der Waals surface area contributed by atoms with E-state index in [4.69, 9.17) is 9.47 Å². The van der Waals surface area contributed by atoms with Gasteiger partial charge in [0.05, 0.1) is 0 Å². The number of carbonyl (C=O) groups is 2. The third-order valence-corrected chi connectivity index (χ3v) is 2.17. The molecule has 0 aromatic heterocycles. The number of hydrogen-bond acceptors (Lipinski definition) is 5. The molecule has 0 spiro atoms. The largest absolute Gasteiger partial charge is 0.508 e. The van der Waals surface area contributed by atoms with Gasteiger partial charge in [0.25, 0.3) is 0 Å². The predicted molar refractivity (Wildman–Crippen MR) is 64.1 cm³/mol. The lowest BCUT2D eigenvalue weighted by Gasteiger charge is -2.15. The van der Waals surface area contributed by atoms with Crippen molar-refractivity contribution >= 4 is 12.4 Å². The van der Waals surface area contributed by atoms with E-state index in [2.05, 4.69) is 0 Å². The van der Waals surface area contributed by atoms with Gasteiger partial charge in [-0.15, -0.1) is 0 Å². The van der Waals surface area contributed by atoms with Crippen LogP contribution in [0.1, 0.15) is 5.56 Å². The van der Waals surface area contributed by atoms with E-state index in [1.54, 1.807) is 21.0 Å². The maximum atomic E-state index is 11.4. The quantitative estimate of drug-likeness (QED) is 0.819. The molecule has 0 bridgehead atoms. The summed E-state index contributed by atoms with van der Waals surface area (Å²) in [4.78, 5) is 22.9. The fraction of sp³-hybridized carbons (Fsp3) is 0.333. The van der Waals surface area contributed by atoms with E-state index in [9.17, 15) is 14.7 Å². The second-order valence-electron chi connectivity index (χ2n) is 3.81. The van der Waals surface area contributed by atoms with Crippen LogP contribution in [0.2, 0.25) is 0 Å². The highest BCUT2D eigenvalue weighted by molar-refractivity contribution is 5.71. The van der Waals surface area contributed by atoms with Crippen LogP contribution in [0.25, 0.3) is 0 Å². The van der Waals surface area contributed by atoms with Crippen molar-refractivity contribution in [3.63, 3.8) is 0 Å². The number of carbonyl (C=O) groups excluding carboxylic acids is 2. The zero-order chi connectivity index (χ0) is 13.7. The van der Waals surface area contributed by atoms with Gasteiger partial charge in [0.15, 0.2) is 6.29 Å². The standard InChI is InChI=1S/C12H15NO5/c1-8-10(17-5-4-14)6-9(15)7-11(8)18-12(16)13(2)3/h4,6-7,15H,5H2,1-3H3. The van der Waals surface area contributed by atoms with Gasteiger partial charge in [0.2, 0.25) is 0 Å². The molecule has 0 unspecified atom stereocenters. The van der Waals surface area contributed by atoms with E-state index in [-0.39, 0.29) is 18.1 Å². The Morgan fingerprint density at radius 3 is 2.56 bits per heavy atom. The molecule has 1 rings (SSSR count). The molecule has 6 nitrogen and oxygen atoms in total. The number of rotatable bonds is 4. The number of aromatic hydroxyl groups is 1. The van der Waals surface area contributed by atoms with Crippen molar-refractivity contribution < 1.29 is 24.2 Å². The molecule has 0 saturated heterocycles. The Hall–Kier alpha value is -2.24. The minimum Gasteiger partial charge on any atom is -0.508 e. The topological polar surface area (TPSA) is 76.1 Å². The second-order valence-corrected chi connectivity index (χ2v) is 3.81. The smallest absolute Gasteiger partial charge is 0.414 e. The van der Waals surface area contributed by atoms with E-state index in [1.165, 1.54) is 17.0 Å². The van der Waals surface area contributed by atoms with Gasteiger partial charge in [0.1, 0.15) is 23.9 Å². The Labute approximate surface area is 105 Å². The van der Waals surface area contributed by atoms with Gasteiger partial charge in [-0.2, -0.15) is 0 Å². The number of aldehydes is 1. The summed E-state index contributed by atoms with van der Waals surface area (Å²) in [6.07, 6.45) is 0.0275. The van der Waals surface area contributed by atoms with Crippen molar-refractivity contribution in [2.24, 2.45) is 0 Å². The highest BCUT2D eigenvalue weighted by atomic mass is 16.6. The molecule has 0 aliphatic carbocycles. The Balaban J connectivity index is 3.00. The highest BCUT2D eigenvalue weighted by Crippen LogP contribution is 2.33. The molecule has 0 radical (unpaired) electrons. The van der Waals surface area contributed by atoms with Crippen molar-refractivity contribution in [2.45, 2.75) is 6.92 Å². The summed E-state index contributed by atoms with van der Waals surface area (Å²) in [6.45, 7) is 1.53. The summed E-state index contributed by atoms with van der Waals surface area (Å²) in [5.41, 5.74) is 0.532. The first-order chi connectivity index (χ1) is 8.45. The predicted octanol–water partition coefficient (Wildman–Crippen LogP) is 1.34.